The monoisotopic (exact) mass is 547 g/mol. The third-order valence-electron chi connectivity index (χ3n) is 5.62. The zero-order chi connectivity index (χ0) is 26.9. The van der Waals surface area contributed by atoms with Crippen LogP contribution in [0, 0.1) is 0 Å². The van der Waals surface area contributed by atoms with Gasteiger partial charge >= 0.3 is 12.3 Å². The number of hydrogen-bond donors (Lipinski definition) is 3. The SMILES string of the molecule is Nc1nc2c(Oc3cc(-c4ccc(C(F)(F)F)nc4NCC4CN(C(=O)O)CCO4)ncn3)cccc2s1. The van der Waals surface area contributed by atoms with Gasteiger partial charge in [-0.3, -0.25) is 0 Å². The van der Waals surface area contributed by atoms with Crippen molar-refractivity contribution in [2.45, 2.75) is 12.3 Å². The summed E-state index contributed by atoms with van der Waals surface area (Å²) < 4.78 is 52.6. The fraction of sp³-hybridized carbons (Fsp3) is 0.261. The predicted octanol–water partition coefficient (Wildman–Crippen LogP) is 4.33. The van der Waals surface area contributed by atoms with Crippen LogP contribution in [0.2, 0.25) is 0 Å². The lowest BCUT2D eigenvalue weighted by Crippen LogP contribution is -2.47. The molecule has 0 spiro atoms. The van der Waals surface area contributed by atoms with Crippen molar-refractivity contribution in [3.8, 4) is 22.9 Å². The van der Waals surface area contributed by atoms with Crippen LogP contribution in [0.25, 0.3) is 21.5 Å². The van der Waals surface area contributed by atoms with Gasteiger partial charge in [-0.1, -0.05) is 17.4 Å². The van der Waals surface area contributed by atoms with Crippen molar-refractivity contribution in [1.82, 2.24) is 24.8 Å². The number of anilines is 2. The highest BCUT2D eigenvalue weighted by Crippen LogP contribution is 2.36. The number of nitrogen functional groups attached to an aromatic ring is 1. The van der Waals surface area contributed by atoms with Crippen molar-refractivity contribution >= 4 is 38.6 Å². The molecule has 15 heteroatoms. The number of carboxylic acid groups (broad SMARTS) is 1. The van der Waals surface area contributed by atoms with Crippen LogP contribution in [-0.2, 0) is 10.9 Å². The molecule has 11 nitrogen and oxygen atoms in total. The van der Waals surface area contributed by atoms with E-state index < -0.39 is 24.1 Å². The lowest BCUT2D eigenvalue weighted by Gasteiger charge is -2.31. The summed E-state index contributed by atoms with van der Waals surface area (Å²) in [6.07, 6.45) is -5.14. The van der Waals surface area contributed by atoms with Gasteiger partial charge in [0.25, 0.3) is 0 Å². The first-order chi connectivity index (χ1) is 18.2. The first-order valence-electron chi connectivity index (χ1n) is 11.2. The minimum absolute atomic E-state index is 0.0206. The molecule has 1 unspecified atom stereocenters. The first-order valence-corrected chi connectivity index (χ1v) is 12.1. The van der Waals surface area contributed by atoms with Gasteiger partial charge in [0.2, 0.25) is 5.88 Å². The van der Waals surface area contributed by atoms with Crippen LogP contribution in [0.1, 0.15) is 5.69 Å². The standard InChI is InChI=1S/C23H20F3N7O4S/c24-23(25,26)17-5-4-13(20(31-17)28-9-12-10-33(22(34)35)6-7-36-12)14-8-18(30-11-29-14)37-15-2-1-3-16-19(15)32-21(27)38-16/h1-5,8,11-12H,6-7,9-10H2,(H2,27,32)(H,28,31)(H,34,35). The highest BCUT2D eigenvalue weighted by molar-refractivity contribution is 7.22. The molecule has 38 heavy (non-hydrogen) atoms. The predicted molar refractivity (Wildman–Crippen MR) is 132 cm³/mol. The highest BCUT2D eigenvalue weighted by atomic mass is 32.1. The minimum Gasteiger partial charge on any atom is -0.465 e. The summed E-state index contributed by atoms with van der Waals surface area (Å²) in [4.78, 5) is 28.8. The molecule has 3 aromatic heterocycles. The molecule has 1 aromatic carbocycles. The Kier molecular flexibility index (Phi) is 6.86. The van der Waals surface area contributed by atoms with Crippen LogP contribution < -0.4 is 15.8 Å². The van der Waals surface area contributed by atoms with Gasteiger partial charge in [0.1, 0.15) is 23.4 Å². The molecule has 1 amide bonds. The number of aromatic nitrogens is 4. The van der Waals surface area contributed by atoms with E-state index in [4.69, 9.17) is 15.2 Å². The second-order valence-corrected chi connectivity index (χ2v) is 9.25. The Labute approximate surface area is 217 Å². The Morgan fingerprint density at radius 2 is 2.11 bits per heavy atom. The van der Waals surface area contributed by atoms with Gasteiger partial charge in [0.15, 0.2) is 10.9 Å². The number of nitrogens with zero attached hydrogens (tertiary/aromatic N) is 5. The zero-order valence-electron chi connectivity index (χ0n) is 19.5. The maximum atomic E-state index is 13.4. The van der Waals surface area contributed by atoms with E-state index in [1.807, 2.05) is 6.07 Å². The number of thiazole rings is 1. The molecular formula is C23H20F3N7O4S. The summed E-state index contributed by atoms with van der Waals surface area (Å²) in [5.74, 6) is 0.434. The van der Waals surface area contributed by atoms with E-state index in [1.165, 1.54) is 34.7 Å². The van der Waals surface area contributed by atoms with Crippen molar-refractivity contribution in [3.63, 3.8) is 0 Å². The van der Waals surface area contributed by atoms with Crippen LogP contribution in [-0.4, -0.2) is 68.4 Å². The topological polar surface area (TPSA) is 149 Å². The van der Waals surface area contributed by atoms with Crippen molar-refractivity contribution in [2.24, 2.45) is 0 Å². The minimum atomic E-state index is -4.68. The molecule has 5 rings (SSSR count). The molecule has 1 fully saturated rings. The van der Waals surface area contributed by atoms with Crippen LogP contribution in [0.3, 0.4) is 0 Å². The number of nitrogens with two attached hydrogens (primary N) is 1. The maximum Gasteiger partial charge on any atom is 0.433 e. The van der Waals surface area contributed by atoms with Crippen molar-refractivity contribution in [3.05, 3.63) is 48.4 Å². The quantitative estimate of drug-likeness (QED) is 0.318. The number of amides is 1. The fourth-order valence-electron chi connectivity index (χ4n) is 3.86. The zero-order valence-corrected chi connectivity index (χ0v) is 20.3. The number of hydrogen-bond acceptors (Lipinski definition) is 10. The normalized spacial score (nSPS) is 16.0. The molecule has 1 saturated heterocycles. The Bertz CT molecular complexity index is 1480. The van der Waals surface area contributed by atoms with Gasteiger partial charge in [0.05, 0.1) is 29.6 Å². The van der Waals surface area contributed by atoms with E-state index in [1.54, 1.807) is 12.1 Å². The highest BCUT2D eigenvalue weighted by Gasteiger charge is 2.33. The summed E-state index contributed by atoms with van der Waals surface area (Å²) in [5.41, 5.74) is 5.77. The van der Waals surface area contributed by atoms with Gasteiger partial charge in [-0.05, 0) is 24.3 Å². The lowest BCUT2D eigenvalue weighted by atomic mass is 10.1. The molecule has 198 valence electrons. The number of nitrogens with one attached hydrogen (secondary N) is 1. The maximum absolute atomic E-state index is 13.4. The molecule has 4 N–H and O–H groups in total. The van der Waals surface area contributed by atoms with Gasteiger partial charge in [-0.2, -0.15) is 13.2 Å². The number of alkyl halides is 3. The van der Waals surface area contributed by atoms with Crippen LogP contribution in [0.4, 0.5) is 28.9 Å². The summed E-state index contributed by atoms with van der Waals surface area (Å²) in [6.45, 7) is 0.469. The number of para-hydroxylation sites is 1. The van der Waals surface area contributed by atoms with Gasteiger partial charge in [0, 0.05) is 24.7 Å². The Hall–Kier alpha value is -4.24. The van der Waals surface area contributed by atoms with E-state index in [0.717, 1.165) is 10.8 Å². The van der Waals surface area contributed by atoms with Gasteiger partial charge in [-0.25, -0.2) is 24.7 Å². The second-order valence-electron chi connectivity index (χ2n) is 8.19. The summed E-state index contributed by atoms with van der Waals surface area (Å²) >= 11 is 1.30. The van der Waals surface area contributed by atoms with E-state index in [-0.39, 0.29) is 49.2 Å². The van der Waals surface area contributed by atoms with Crippen molar-refractivity contribution < 1.29 is 32.5 Å². The number of rotatable bonds is 6. The Morgan fingerprint density at radius 1 is 1.26 bits per heavy atom. The molecule has 4 aromatic rings. The average Bonchev–Trinajstić information content (AvgIpc) is 3.28. The third-order valence-corrected chi connectivity index (χ3v) is 6.47. The number of pyridine rings is 1. The van der Waals surface area contributed by atoms with Crippen molar-refractivity contribution in [1.29, 1.82) is 0 Å². The number of ether oxygens (including phenoxy) is 2. The molecule has 0 aliphatic carbocycles. The Balaban J connectivity index is 1.43. The number of morpholine rings is 1. The molecule has 1 aliphatic heterocycles. The van der Waals surface area contributed by atoms with E-state index in [2.05, 4.69) is 25.3 Å². The van der Waals surface area contributed by atoms with Gasteiger partial charge in [-0.15, -0.1) is 0 Å². The molecule has 1 atom stereocenters. The summed E-state index contributed by atoms with van der Waals surface area (Å²) in [5, 5.41) is 12.5. The molecule has 1 aliphatic rings. The molecule has 4 heterocycles. The summed E-state index contributed by atoms with van der Waals surface area (Å²) in [7, 11) is 0. The molecule has 0 radical (unpaired) electrons. The van der Waals surface area contributed by atoms with Crippen LogP contribution in [0.15, 0.2) is 42.7 Å². The van der Waals surface area contributed by atoms with Crippen LogP contribution >= 0.6 is 11.3 Å². The number of halogens is 3. The van der Waals surface area contributed by atoms with Gasteiger partial charge < -0.3 is 30.5 Å². The number of fused-ring (bicyclic) bond motifs is 1. The van der Waals surface area contributed by atoms with E-state index in [0.29, 0.717) is 16.4 Å². The summed E-state index contributed by atoms with van der Waals surface area (Å²) in [6, 6.07) is 8.88. The third kappa shape index (κ3) is 5.52. The number of carbonyl (C=O) groups is 1. The van der Waals surface area contributed by atoms with Crippen LogP contribution in [0.5, 0.6) is 11.6 Å². The van der Waals surface area contributed by atoms with E-state index >= 15 is 0 Å². The average molecular weight is 548 g/mol. The van der Waals surface area contributed by atoms with Crippen molar-refractivity contribution in [2.75, 3.05) is 37.3 Å². The lowest BCUT2D eigenvalue weighted by molar-refractivity contribution is -0.141. The Morgan fingerprint density at radius 3 is 2.89 bits per heavy atom. The fourth-order valence-corrected chi connectivity index (χ4v) is 4.62. The van der Waals surface area contributed by atoms with E-state index in [9.17, 15) is 23.1 Å². The molecular weight excluding hydrogens is 527 g/mol. The number of benzene rings is 1. The smallest absolute Gasteiger partial charge is 0.433 e. The largest absolute Gasteiger partial charge is 0.465 e. The molecule has 0 bridgehead atoms. The molecule has 0 saturated carbocycles. The first kappa shape index (κ1) is 25.4. The second kappa shape index (κ2) is 10.3.